The highest BCUT2D eigenvalue weighted by Gasteiger charge is 2.17. The van der Waals surface area contributed by atoms with Crippen LogP contribution in [-0.4, -0.2) is 20.7 Å². The predicted molar refractivity (Wildman–Crippen MR) is 111 cm³/mol. The van der Waals surface area contributed by atoms with E-state index < -0.39 is 0 Å². The molecule has 4 rings (SSSR count). The molecule has 0 saturated carbocycles. The third-order valence-corrected chi connectivity index (χ3v) is 6.02. The minimum Gasteiger partial charge on any atom is -0.298 e. The second-order valence-corrected chi connectivity index (χ2v) is 8.53. The van der Waals surface area contributed by atoms with Gasteiger partial charge >= 0.3 is 0 Å². The molecule has 1 amide bonds. The van der Waals surface area contributed by atoms with Crippen LogP contribution < -0.4 is 5.32 Å². The lowest BCUT2D eigenvalue weighted by molar-refractivity contribution is 0.102. The average Bonchev–Trinajstić information content (AvgIpc) is 3.34. The highest BCUT2D eigenvalue weighted by molar-refractivity contribution is 7.14. The van der Waals surface area contributed by atoms with Crippen molar-refractivity contribution in [3.63, 3.8) is 0 Å². The number of nitrogens with zero attached hydrogens (tertiary/aromatic N) is 3. The predicted octanol–water partition coefficient (Wildman–Crippen LogP) is 5.23. The zero-order valence-corrected chi connectivity index (χ0v) is 16.8. The van der Waals surface area contributed by atoms with Crippen LogP contribution in [0.25, 0.3) is 16.9 Å². The first-order valence-electron chi connectivity index (χ1n) is 8.47. The Hall–Kier alpha value is -2.77. The summed E-state index contributed by atoms with van der Waals surface area (Å²) in [6.45, 7) is 6.06. The number of hydrogen-bond donors (Lipinski definition) is 1. The number of rotatable bonds is 4. The summed E-state index contributed by atoms with van der Waals surface area (Å²) in [5, 5.41) is 9.82. The molecule has 0 aliphatic heterocycles. The summed E-state index contributed by atoms with van der Waals surface area (Å²) >= 11 is 3.18. The molecule has 5 nitrogen and oxygen atoms in total. The van der Waals surface area contributed by atoms with E-state index >= 15 is 0 Å². The van der Waals surface area contributed by atoms with E-state index in [2.05, 4.69) is 35.3 Å². The smallest absolute Gasteiger partial charge is 0.260 e. The van der Waals surface area contributed by atoms with Crippen molar-refractivity contribution in [2.75, 3.05) is 5.32 Å². The molecule has 1 N–H and O–H groups in total. The summed E-state index contributed by atoms with van der Waals surface area (Å²) in [6, 6.07) is 11.9. The molecule has 1 aromatic carbocycles. The Labute approximate surface area is 165 Å². The molecule has 27 heavy (non-hydrogen) atoms. The zero-order valence-electron chi connectivity index (χ0n) is 15.2. The number of para-hydroxylation sites is 1. The van der Waals surface area contributed by atoms with Gasteiger partial charge in [0.25, 0.3) is 5.91 Å². The maximum Gasteiger partial charge on any atom is 0.260 e. The number of aromatic nitrogens is 3. The number of carbonyl (C=O) groups is 1. The van der Waals surface area contributed by atoms with Crippen LogP contribution in [0.5, 0.6) is 0 Å². The summed E-state index contributed by atoms with van der Waals surface area (Å²) in [4.78, 5) is 19.8. The Morgan fingerprint density at radius 2 is 1.93 bits per heavy atom. The zero-order chi connectivity index (χ0) is 19.0. The maximum atomic E-state index is 12.7. The Bertz CT molecular complexity index is 1110. The fraction of sp³-hybridized carbons (Fsp3) is 0.150. The van der Waals surface area contributed by atoms with E-state index in [0.717, 1.165) is 22.6 Å². The van der Waals surface area contributed by atoms with E-state index in [-0.39, 0.29) is 5.91 Å². The van der Waals surface area contributed by atoms with Gasteiger partial charge in [0.15, 0.2) is 5.13 Å². The molecule has 3 heterocycles. The van der Waals surface area contributed by atoms with E-state index in [4.69, 9.17) is 0 Å². The number of aryl methyl sites for hydroxylation is 2. The number of amides is 1. The van der Waals surface area contributed by atoms with Gasteiger partial charge < -0.3 is 0 Å². The minimum absolute atomic E-state index is 0.200. The molecular weight excluding hydrogens is 376 g/mol. The molecular formula is C20H18N4OS2. The highest BCUT2D eigenvalue weighted by atomic mass is 32.1. The van der Waals surface area contributed by atoms with Crippen molar-refractivity contribution in [1.29, 1.82) is 0 Å². The van der Waals surface area contributed by atoms with Crippen LogP contribution in [0.4, 0.5) is 5.13 Å². The first-order chi connectivity index (χ1) is 13.0. The van der Waals surface area contributed by atoms with Gasteiger partial charge in [0, 0.05) is 20.7 Å². The molecule has 0 atom stereocenters. The van der Waals surface area contributed by atoms with Gasteiger partial charge in [0.05, 0.1) is 28.8 Å². The molecule has 0 unspecified atom stereocenters. The Morgan fingerprint density at radius 3 is 2.63 bits per heavy atom. The highest BCUT2D eigenvalue weighted by Crippen LogP contribution is 2.32. The SMILES string of the molecule is Cc1cc(-c2csc(NC(=O)c3cnn(-c4ccccc4)c3C)n2)c(C)s1. The Balaban J connectivity index is 1.55. The number of carbonyl (C=O) groups excluding carboxylic acids is 1. The fourth-order valence-corrected chi connectivity index (χ4v) is 4.61. The van der Waals surface area contributed by atoms with Crippen molar-refractivity contribution < 1.29 is 4.79 Å². The van der Waals surface area contributed by atoms with Crippen molar-refractivity contribution in [2.45, 2.75) is 20.8 Å². The van der Waals surface area contributed by atoms with Crippen LogP contribution in [0.3, 0.4) is 0 Å². The maximum absolute atomic E-state index is 12.7. The van der Waals surface area contributed by atoms with Crippen molar-refractivity contribution in [2.24, 2.45) is 0 Å². The number of thiazole rings is 1. The van der Waals surface area contributed by atoms with Crippen molar-refractivity contribution in [3.05, 3.63) is 69.0 Å². The summed E-state index contributed by atoms with van der Waals surface area (Å²) in [7, 11) is 0. The number of benzene rings is 1. The molecule has 3 aromatic heterocycles. The quantitative estimate of drug-likeness (QED) is 0.515. The van der Waals surface area contributed by atoms with E-state index in [9.17, 15) is 4.79 Å². The molecule has 0 spiro atoms. The van der Waals surface area contributed by atoms with E-state index in [1.807, 2.05) is 42.6 Å². The van der Waals surface area contributed by atoms with Gasteiger partial charge in [-0.05, 0) is 39.0 Å². The molecule has 0 fully saturated rings. The van der Waals surface area contributed by atoms with Crippen LogP contribution in [0.2, 0.25) is 0 Å². The standard InChI is InChI=1S/C20H18N4OS2/c1-12-9-16(14(3)27-12)18-11-26-20(22-18)23-19(25)17-10-21-24(13(17)2)15-7-5-4-6-8-15/h4-11H,1-3H3,(H,22,23,25). The van der Waals surface area contributed by atoms with Crippen LogP contribution in [0.1, 0.15) is 25.8 Å². The number of thiophene rings is 1. The molecule has 0 aliphatic rings. The minimum atomic E-state index is -0.200. The van der Waals surface area contributed by atoms with Crippen LogP contribution in [0, 0.1) is 20.8 Å². The lowest BCUT2D eigenvalue weighted by Gasteiger charge is -2.05. The molecule has 7 heteroatoms. The van der Waals surface area contributed by atoms with Gasteiger partial charge in [-0.25, -0.2) is 9.67 Å². The lowest BCUT2D eigenvalue weighted by Crippen LogP contribution is -2.13. The molecule has 0 bridgehead atoms. The van der Waals surface area contributed by atoms with Crippen molar-refractivity contribution in [1.82, 2.24) is 14.8 Å². The van der Waals surface area contributed by atoms with E-state index in [1.165, 1.54) is 21.1 Å². The average molecular weight is 395 g/mol. The number of anilines is 1. The lowest BCUT2D eigenvalue weighted by atomic mass is 10.2. The van der Waals surface area contributed by atoms with Gasteiger partial charge in [-0.15, -0.1) is 22.7 Å². The van der Waals surface area contributed by atoms with E-state index in [1.54, 1.807) is 22.2 Å². The summed E-state index contributed by atoms with van der Waals surface area (Å²) in [5.74, 6) is -0.200. The van der Waals surface area contributed by atoms with E-state index in [0.29, 0.717) is 10.7 Å². The molecule has 0 radical (unpaired) electrons. The number of nitrogens with one attached hydrogen (secondary N) is 1. The van der Waals surface area contributed by atoms with Crippen LogP contribution in [-0.2, 0) is 0 Å². The first kappa shape index (κ1) is 17.6. The second kappa shape index (κ2) is 7.09. The molecule has 136 valence electrons. The molecule has 0 aliphatic carbocycles. The van der Waals surface area contributed by atoms with Crippen LogP contribution >= 0.6 is 22.7 Å². The second-order valence-electron chi connectivity index (χ2n) is 6.21. The number of hydrogen-bond acceptors (Lipinski definition) is 5. The monoisotopic (exact) mass is 394 g/mol. The largest absolute Gasteiger partial charge is 0.298 e. The Morgan fingerprint density at radius 1 is 1.15 bits per heavy atom. The third kappa shape index (κ3) is 3.43. The first-order valence-corrected chi connectivity index (χ1v) is 10.2. The van der Waals surface area contributed by atoms with Crippen molar-refractivity contribution >= 4 is 33.7 Å². The topological polar surface area (TPSA) is 59.8 Å². The fourth-order valence-electron chi connectivity index (χ4n) is 2.97. The van der Waals surface area contributed by atoms with Gasteiger partial charge in [-0.1, -0.05) is 18.2 Å². The van der Waals surface area contributed by atoms with Crippen LogP contribution in [0.15, 0.2) is 48.0 Å². The molecule has 4 aromatic rings. The van der Waals surface area contributed by atoms with Gasteiger partial charge in [-0.3, -0.25) is 10.1 Å². The van der Waals surface area contributed by atoms with Gasteiger partial charge in [0.2, 0.25) is 0 Å². The van der Waals surface area contributed by atoms with Crippen molar-refractivity contribution in [3.8, 4) is 16.9 Å². The summed E-state index contributed by atoms with van der Waals surface area (Å²) in [5.41, 5.74) is 4.28. The van der Waals surface area contributed by atoms with Gasteiger partial charge in [-0.2, -0.15) is 5.10 Å². The summed E-state index contributed by atoms with van der Waals surface area (Å²) in [6.07, 6.45) is 1.60. The summed E-state index contributed by atoms with van der Waals surface area (Å²) < 4.78 is 1.76. The van der Waals surface area contributed by atoms with Gasteiger partial charge in [0.1, 0.15) is 0 Å². The Kier molecular flexibility index (Phi) is 4.63. The third-order valence-electron chi connectivity index (χ3n) is 4.30. The molecule has 0 saturated heterocycles. The normalized spacial score (nSPS) is 10.9.